The molecular weight excluding hydrogens is 468 g/mol. The molecule has 0 bridgehead atoms. The first-order valence-electron chi connectivity index (χ1n) is 10.8. The topological polar surface area (TPSA) is 86.1 Å². The molecule has 0 aliphatic rings. The standard InChI is InChI=1S/C25H24N4O3S2/c1-3-32-24(31)22-19(18-12-8-5-9-13-18)15-33-23(22)26-21(30)16-34-25-28-27-20(29(25)2)14-17-10-6-4-7-11-17/h4-13,15H,3,14,16H2,1-2H3,(H,26,30). The average molecular weight is 493 g/mol. The van der Waals surface area contributed by atoms with Crippen LogP contribution in [-0.2, 0) is 23.0 Å². The lowest BCUT2D eigenvalue weighted by molar-refractivity contribution is -0.113. The van der Waals surface area contributed by atoms with E-state index in [-0.39, 0.29) is 18.3 Å². The molecule has 0 fully saturated rings. The summed E-state index contributed by atoms with van der Waals surface area (Å²) in [6.45, 7) is 2.01. The van der Waals surface area contributed by atoms with Gasteiger partial charge in [0.25, 0.3) is 0 Å². The highest BCUT2D eigenvalue weighted by Crippen LogP contribution is 2.36. The van der Waals surface area contributed by atoms with Crippen molar-refractivity contribution in [1.29, 1.82) is 0 Å². The fourth-order valence-electron chi connectivity index (χ4n) is 3.38. The smallest absolute Gasteiger partial charge is 0.341 e. The number of nitrogens with zero attached hydrogens (tertiary/aromatic N) is 3. The van der Waals surface area contributed by atoms with Crippen molar-refractivity contribution < 1.29 is 14.3 Å². The minimum absolute atomic E-state index is 0.137. The normalized spacial score (nSPS) is 10.8. The second-order valence-electron chi connectivity index (χ2n) is 7.40. The summed E-state index contributed by atoms with van der Waals surface area (Å²) < 4.78 is 7.15. The fourth-order valence-corrected chi connectivity index (χ4v) is 5.09. The molecule has 4 rings (SSSR count). The van der Waals surface area contributed by atoms with Crippen molar-refractivity contribution >= 4 is 40.0 Å². The monoisotopic (exact) mass is 492 g/mol. The molecule has 34 heavy (non-hydrogen) atoms. The molecule has 0 radical (unpaired) electrons. The van der Waals surface area contributed by atoms with Crippen LogP contribution in [0.2, 0.25) is 0 Å². The van der Waals surface area contributed by atoms with Gasteiger partial charge in [0.1, 0.15) is 16.4 Å². The summed E-state index contributed by atoms with van der Waals surface area (Å²) in [5.74, 6) is 0.275. The van der Waals surface area contributed by atoms with Crippen molar-refractivity contribution in [3.63, 3.8) is 0 Å². The molecule has 2 aromatic carbocycles. The molecule has 4 aromatic rings. The lowest BCUT2D eigenvalue weighted by atomic mass is 10.0. The predicted molar refractivity (Wildman–Crippen MR) is 135 cm³/mol. The van der Waals surface area contributed by atoms with Gasteiger partial charge < -0.3 is 14.6 Å². The van der Waals surface area contributed by atoms with Crippen molar-refractivity contribution in [1.82, 2.24) is 14.8 Å². The highest BCUT2D eigenvalue weighted by molar-refractivity contribution is 7.99. The molecule has 1 amide bonds. The van der Waals surface area contributed by atoms with E-state index in [4.69, 9.17) is 4.74 Å². The first-order valence-corrected chi connectivity index (χ1v) is 12.6. The molecular formula is C25H24N4O3S2. The number of aromatic nitrogens is 3. The van der Waals surface area contributed by atoms with E-state index in [1.54, 1.807) is 6.92 Å². The van der Waals surface area contributed by atoms with E-state index >= 15 is 0 Å². The SMILES string of the molecule is CCOC(=O)c1c(-c2ccccc2)csc1NC(=O)CSc1nnc(Cc2ccccc2)n1C. The zero-order valence-electron chi connectivity index (χ0n) is 18.9. The predicted octanol–water partition coefficient (Wildman–Crippen LogP) is 5.04. The van der Waals surface area contributed by atoms with Crippen LogP contribution >= 0.6 is 23.1 Å². The third kappa shape index (κ3) is 5.55. The first kappa shape index (κ1) is 23.7. The minimum Gasteiger partial charge on any atom is -0.462 e. The Morgan fingerprint density at radius 2 is 1.76 bits per heavy atom. The van der Waals surface area contributed by atoms with E-state index in [0.29, 0.717) is 22.1 Å². The van der Waals surface area contributed by atoms with Crippen molar-refractivity contribution in [2.75, 3.05) is 17.7 Å². The summed E-state index contributed by atoms with van der Waals surface area (Å²) in [5, 5.41) is 14.4. The number of thiophene rings is 1. The highest BCUT2D eigenvalue weighted by atomic mass is 32.2. The number of thioether (sulfide) groups is 1. The summed E-state index contributed by atoms with van der Waals surface area (Å²) in [7, 11) is 1.89. The maximum atomic E-state index is 12.7. The van der Waals surface area contributed by atoms with Crippen LogP contribution in [0.5, 0.6) is 0 Å². The number of nitrogens with one attached hydrogen (secondary N) is 1. The highest BCUT2D eigenvalue weighted by Gasteiger charge is 2.23. The van der Waals surface area contributed by atoms with Gasteiger partial charge in [-0.15, -0.1) is 21.5 Å². The van der Waals surface area contributed by atoms with Crippen LogP contribution in [0.4, 0.5) is 5.00 Å². The fraction of sp³-hybridized carbons (Fsp3) is 0.200. The molecule has 174 valence electrons. The molecule has 0 spiro atoms. The van der Waals surface area contributed by atoms with Gasteiger partial charge in [0.15, 0.2) is 5.16 Å². The molecule has 0 saturated carbocycles. The third-order valence-electron chi connectivity index (χ3n) is 5.07. The minimum atomic E-state index is -0.454. The summed E-state index contributed by atoms with van der Waals surface area (Å²) in [6.07, 6.45) is 0.664. The number of anilines is 1. The number of amides is 1. The second-order valence-corrected chi connectivity index (χ2v) is 9.22. The molecule has 0 aliphatic heterocycles. The summed E-state index contributed by atoms with van der Waals surface area (Å²) in [6, 6.07) is 19.6. The largest absolute Gasteiger partial charge is 0.462 e. The molecule has 0 atom stereocenters. The van der Waals surface area contributed by atoms with E-state index in [0.717, 1.165) is 22.5 Å². The van der Waals surface area contributed by atoms with Crippen LogP contribution < -0.4 is 5.32 Å². The van der Waals surface area contributed by atoms with E-state index in [1.807, 2.05) is 77.7 Å². The van der Waals surface area contributed by atoms with Crippen LogP contribution in [0.1, 0.15) is 28.7 Å². The Hall–Kier alpha value is -3.43. The number of hydrogen-bond donors (Lipinski definition) is 1. The number of carbonyl (C=O) groups excluding carboxylic acids is 2. The van der Waals surface area contributed by atoms with Crippen LogP contribution in [0.25, 0.3) is 11.1 Å². The molecule has 9 heteroatoms. The van der Waals surface area contributed by atoms with Crippen LogP contribution in [0.15, 0.2) is 71.2 Å². The molecule has 0 unspecified atom stereocenters. The van der Waals surface area contributed by atoms with Gasteiger partial charge in [0.2, 0.25) is 5.91 Å². The lowest BCUT2D eigenvalue weighted by Gasteiger charge is -2.09. The number of ether oxygens (including phenoxy) is 1. The zero-order chi connectivity index (χ0) is 23.9. The maximum Gasteiger partial charge on any atom is 0.341 e. The Morgan fingerprint density at radius 1 is 1.06 bits per heavy atom. The molecule has 0 aliphatic carbocycles. The number of benzene rings is 2. The van der Waals surface area contributed by atoms with Gasteiger partial charge in [-0.2, -0.15) is 0 Å². The molecule has 0 saturated heterocycles. The van der Waals surface area contributed by atoms with Crippen molar-refractivity contribution in [3.8, 4) is 11.1 Å². The molecule has 1 N–H and O–H groups in total. The average Bonchev–Trinajstić information content (AvgIpc) is 3.42. The molecule has 2 heterocycles. The van der Waals surface area contributed by atoms with Gasteiger partial charge in [0, 0.05) is 24.4 Å². The van der Waals surface area contributed by atoms with E-state index in [2.05, 4.69) is 15.5 Å². The first-order chi connectivity index (χ1) is 16.6. The summed E-state index contributed by atoms with van der Waals surface area (Å²) >= 11 is 2.61. The zero-order valence-corrected chi connectivity index (χ0v) is 20.5. The van der Waals surface area contributed by atoms with Gasteiger partial charge in [-0.1, -0.05) is 72.4 Å². The van der Waals surface area contributed by atoms with Crippen LogP contribution in [0, 0.1) is 0 Å². The van der Waals surface area contributed by atoms with E-state index in [1.165, 1.54) is 23.1 Å². The van der Waals surface area contributed by atoms with Crippen molar-refractivity contribution in [2.45, 2.75) is 18.5 Å². The van der Waals surface area contributed by atoms with Gasteiger partial charge >= 0.3 is 5.97 Å². The second kappa shape index (κ2) is 11.1. The Kier molecular flexibility index (Phi) is 7.76. The van der Waals surface area contributed by atoms with Crippen LogP contribution in [0.3, 0.4) is 0 Å². The molecule has 2 aromatic heterocycles. The Labute approximate surface area is 206 Å². The Balaban J connectivity index is 1.44. The number of esters is 1. The van der Waals surface area contributed by atoms with E-state index in [9.17, 15) is 9.59 Å². The quantitative estimate of drug-likeness (QED) is 0.260. The van der Waals surface area contributed by atoms with Gasteiger partial charge in [-0.3, -0.25) is 4.79 Å². The van der Waals surface area contributed by atoms with Gasteiger partial charge in [-0.25, -0.2) is 4.79 Å². The number of carbonyl (C=O) groups is 2. The summed E-state index contributed by atoms with van der Waals surface area (Å²) in [5.41, 5.74) is 3.15. The number of hydrogen-bond acceptors (Lipinski definition) is 7. The number of rotatable bonds is 9. The van der Waals surface area contributed by atoms with Crippen LogP contribution in [-0.4, -0.2) is 39.0 Å². The van der Waals surface area contributed by atoms with Crippen molar-refractivity contribution in [2.24, 2.45) is 7.05 Å². The lowest BCUT2D eigenvalue weighted by Crippen LogP contribution is -2.16. The Bertz CT molecular complexity index is 1270. The Morgan fingerprint density at radius 3 is 2.47 bits per heavy atom. The van der Waals surface area contributed by atoms with Crippen molar-refractivity contribution in [3.05, 3.63) is 83.0 Å². The summed E-state index contributed by atoms with van der Waals surface area (Å²) in [4.78, 5) is 25.4. The van der Waals surface area contributed by atoms with Gasteiger partial charge in [-0.05, 0) is 18.1 Å². The third-order valence-corrected chi connectivity index (χ3v) is 6.99. The van der Waals surface area contributed by atoms with E-state index < -0.39 is 5.97 Å². The maximum absolute atomic E-state index is 12.7. The molecule has 7 nitrogen and oxygen atoms in total. The van der Waals surface area contributed by atoms with Gasteiger partial charge in [0.05, 0.1) is 12.4 Å².